The number of hydrogen-bond acceptors (Lipinski definition) is 4. The molecule has 0 saturated carbocycles. The standard InChI is InChI=1S/C17H27N5O2S/c18-16(23)20-21-17(25)19-8-5-11-24-15-7-4-6-14(12-15)13-22-9-2-1-3-10-22/h4,6-7,12H,1-3,5,8-11,13H2,(H3,18,20,23)(H2,19,21,25). The summed E-state index contributed by atoms with van der Waals surface area (Å²) in [5.41, 5.74) is 10.9. The third-order valence-electron chi connectivity index (χ3n) is 3.93. The first-order valence-corrected chi connectivity index (χ1v) is 9.08. The highest BCUT2D eigenvalue weighted by atomic mass is 32.1. The molecule has 25 heavy (non-hydrogen) atoms. The van der Waals surface area contributed by atoms with E-state index in [0.29, 0.717) is 18.3 Å². The van der Waals surface area contributed by atoms with Gasteiger partial charge in [0.2, 0.25) is 0 Å². The topological polar surface area (TPSA) is 91.7 Å². The number of ether oxygens (including phenoxy) is 1. The molecule has 7 nitrogen and oxygen atoms in total. The van der Waals surface area contributed by atoms with Gasteiger partial charge >= 0.3 is 6.03 Å². The fourth-order valence-corrected chi connectivity index (χ4v) is 2.89. The summed E-state index contributed by atoms with van der Waals surface area (Å²) in [5, 5.41) is 3.27. The summed E-state index contributed by atoms with van der Waals surface area (Å²) in [6.07, 6.45) is 4.74. The summed E-state index contributed by atoms with van der Waals surface area (Å²) in [6, 6.07) is 7.61. The molecule has 0 atom stereocenters. The average molecular weight is 366 g/mol. The number of rotatable bonds is 7. The molecule has 1 heterocycles. The highest BCUT2D eigenvalue weighted by Crippen LogP contribution is 2.17. The van der Waals surface area contributed by atoms with E-state index < -0.39 is 6.03 Å². The van der Waals surface area contributed by atoms with E-state index in [-0.39, 0.29) is 0 Å². The van der Waals surface area contributed by atoms with E-state index >= 15 is 0 Å². The van der Waals surface area contributed by atoms with Gasteiger partial charge in [-0.25, -0.2) is 10.2 Å². The summed E-state index contributed by atoms with van der Waals surface area (Å²) in [6.45, 7) is 4.60. The molecule has 0 aromatic heterocycles. The molecule has 8 heteroatoms. The molecule has 2 rings (SSSR count). The van der Waals surface area contributed by atoms with Crippen molar-refractivity contribution < 1.29 is 9.53 Å². The molecule has 1 saturated heterocycles. The second kappa shape index (κ2) is 10.7. The van der Waals surface area contributed by atoms with Crippen molar-refractivity contribution in [3.63, 3.8) is 0 Å². The minimum Gasteiger partial charge on any atom is -0.494 e. The van der Waals surface area contributed by atoms with Crippen molar-refractivity contribution in [2.45, 2.75) is 32.2 Å². The number of urea groups is 1. The van der Waals surface area contributed by atoms with Crippen LogP contribution in [-0.2, 0) is 6.54 Å². The first-order valence-electron chi connectivity index (χ1n) is 8.67. The van der Waals surface area contributed by atoms with E-state index in [1.54, 1.807) is 0 Å². The number of carbonyl (C=O) groups excluding carboxylic acids is 1. The van der Waals surface area contributed by atoms with Crippen molar-refractivity contribution in [1.29, 1.82) is 0 Å². The summed E-state index contributed by atoms with van der Waals surface area (Å²) in [7, 11) is 0. The fourth-order valence-electron chi connectivity index (χ4n) is 2.74. The number of primary amides is 1. The zero-order valence-electron chi connectivity index (χ0n) is 14.4. The molecule has 0 unspecified atom stereocenters. The van der Waals surface area contributed by atoms with Crippen LogP contribution in [0.2, 0.25) is 0 Å². The number of nitrogens with zero attached hydrogens (tertiary/aromatic N) is 1. The summed E-state index contributed by atoms with van der Waals surface area (Å²) >= 11 is 4.97. The average Bonchev–Trinajstić information content (AvgIpc) is 2.61. The molecule has 2 amide bonds. The van der Waals surface area contributed by atoms with Crippen molar-refractivity contribution in [2.75, 3.05) is 26.2 Å². The van der Waals surface area contributed by atoms with Gasteiger partial charge in [-0.1, -0.05) is 18.6 Å². The van der Waals surface area contributed by atoms with Crippen LogP contribution in [0.4, 0.5) is 4.79 Å². The third kappa shape index (κ3) is 8.04. The number of likely N-dealkylation sites (tertiary alicyclic amines) is 1. The Hall–Kier alpha value is -2.06. The molecular formula is C17H27N5O2S. The molecule has 0 radical (unpaired) electrons. The first-order chi connectivity index (χ1) is 12.1. The van der Waals surface area contributed by atoms with Crippen molar-refractivity contribution in [1.82, 2.24) is 21.1 Å². The van der Waals surface area contributed by atoms with Crippen molar-refractivity contribution in [2.24, 2.45) is 5.73 Å². The maximum Gasteiger partial charge on any atom is 0.330 e. The van der Waals surface area contributed by atoms with E-state index in [9.17, 15) is 4.79 Å². The van der Waals surface area contributed by atoms with Gasteiger partial charge in [-0.3, -0.25) is 10.3 Å². The van der Waals surface area contributed by atoms with Crippen molar-refractivity contribution >= 4 is 23.4 Å². The minimum absolute atomic E-state index is 0.322. The van der Waals surface area contributed by atoms with Gasteiger partial charge in [-0.15, -0.1) is 0 Å². The monoisotopic (exact) mass is 365 g/mol. The van der Waals surface area contributed by atoms with Crippen LogP contribution in [0.1, 0.15) is 31.2 Å². The zero-order valence-corrected chi connectivity index (χ0v) is 15.2. The normalized spacial score (nSPS) is 14.6. The number of benzene rings is 1. The second-order valence-electron chi connectivity index (χ2n) is 6.06. The number of amides is 2. The van der Waals surface area contributed by atoms with Crippen LogP contribution in [0.25, 0.3) is 0 Å². The summed E-state index contributed by atoms with van der Waals surface area (Å²) < 4.78 is 5.80. The number of thiocarbonyl (C=S) groups is 1. The highest BCUT2D eigenvalue weighted by molar-refractivity contribution is 7.80. The van der Waals surface area contributed by atoms with Gasteiger partial charge in [-0.05, 0) is 62.3 Å². The van der Waals surface area contributed by atoms with Crippen LogP contribution in [0.3, 0.4) is 0 Å². The van der Waals surface area contributed by atoms with Crippen molar-refractivity contribution in [3.8, 4) is 5.75 Å². The predicted octanol–water partition coefficient (Wildman–Crippen LogP) is 1.49. The lowest BCUT2D eigenvalue weighted by atomic mass is 10.1. The van der Waals surface area contributed by atoms with Crippen LogP contribution >= 0.6 is 12.2 Å². The molecule has 0 spiro atoms. The first kappa shape index (κ1) is 19.3. The number of nitrogens with two attached hydrogens (primary N) is 1. The van der Waals surface area contributed by atoms with Crippen molar-refractivity contribution in [3.05, 3.63) is 29.8 Å². The number of nitrogens with one attached hydrogen (secondary N) is 3. The Balaban J connectivity index is 1.63. The molecule has 5 N–H and O–H groups in total. The molecule has 1 aliphatic heterocycles. The molecule has 0 bridgehead atoms. The lowest BCUT2D eigenvalue weighted by molar-refractivity contribution is 0.220. The summed E-state index contributed by atoms with van der Waals surface area (Å²) in [5.74, 6) is 0.894. The minimum atomic E-state index is -0.683. The lowest BCUT2D eigenvalue weighted by Crippen LogP contribution is -2.49. The van der Waals surface area contributed by atoms with Gasteiger partial charge in [0, 0.05) is 13.1 Å². The van der Waals surface area contributed by atoms with Gasteiger partial charge in [-0.2, -0.15) is 0 Å². The Morgan fingerprint density at radius 1 is 1.24 bits per heavy atom. The Morgan fingerprint density at radius 2 is 2.04 bits per heavy atom. The summed E-state index contributed by atoms with van der Waals surface area (Å²) in [4.78, 5) is 13.0. The van der Waals surface area contributed by atoms with Crippen LogP contribution in [-0.4, -0.2) is 42.3 Å². The highest BCUT2D eigenvalue weighted by Gasteiger charge is 2.10. The van der Waals surface area contributed by atoms with Crippen LogP contribution in [0.15, 0.2) is 24.3 Å². The SMILES string of the molecule is NC(=O)NNC(=S)NCCCOc1cccc(CN2CCCCC2)c1. The van der Waals surface area contributed by atoms with E-state index in [2.05, 4.69) is 33.2 Å². The van der Waals surface area contributed by atoms with Crippen LogP contribution < -0.4 is 26.6 Å². The lowest BCUT2D eigenvalue weighted by Gasteiger charge is -2.26. The molecule has 1 aromatic rings. The maximum atomic E-state index is 10.5. The Kier molecular flexibility index (Phi) is 8.27. The van der Waals surface area contributed by atoms with E-state index in [0.717, 1.165) is 18.7 Å². The quantitative estimate of drug-likeness (QED) is 0.332. The van der Waals surface area contributed by atoms with Gasteiger partial charge in [0.05, 0.1) is 6.61 Å². The van der Waals surface area contributed by atoms with E-state index in [1.165, 1.54) is 37.9 Å². The smallest absolute Gasteiger partial charge is 0.330 e. The number of carbonyl (C=O) groups is 1. The Labute approximate surface area is 154 Å². The second-order valence-corrected chi connectivity index (χ2v) is 6.46. The molecule has 1 aliphatic rings. The number of hydrazine groups is 1. The molecular weight excluding hydrogens is 338 g/mol. The van der Waals surface area contributed by atoms with Crippen LogP contribution in [0, 0.1) is 0 Å². The largest absolute Gasteiger partial charge is 0.494 e. The van der Waals surface area contributed by atoms with Crippen LogP contribution in [0.5, 0.6) is 5.75 Å². The predicted molar refractivity (Wildman–Crippen MR) is 102 cm³/mol. The molecule has 1 fully saturated rings. The Bertz CT molecular complexity index is 564. The van der Waals surface area contributed by atoms with Gasteiger partial charge in [0.15, 0.2) is 5.11 Å². The molecule has 138 valence electrons. The van der Waals surface area contributed by atoms with Gasteiger partial charge in [0.25, 0.3) is 0 Å². The fraction of sp³-hybridized carbons (Fsp3) is 0.529. The van der Waals surface area contributed by atoms with Gasteiger partial charge < -0.3 is 15.8 Å². The molecule has 1 aromatic carbocycles. The van der Waals surface area contributed by atoms with E-state index in [1.807, 2.05) is 12.1 Å². The van der Waals surface area contributed by atoms with E-state index in [4.69, 9.17) is 22.7 Å². The third-order valence-corrected chi connectivity index (χ3v) is 4.17. The number of piperidine rings is 1. The molecule has 0 aliphatic carbocycles. The zero-order chi connectivity index (χ0) is 17.9. The number of hydrogen-bond donors (Lipinski definition) is 4. The van der Waals surface area contributed by atoms with Gasteiger partial charge in [0.1, 0.15) is 5.75 Å². The maximum absolute atomic E-state index is 10.5. The Morgan fingerprint density at radius 3 is 2.80 bits per heavy atom.